The molecule has 0 atom stereocenters. The second-order valence-electron chi connectivity index (χ2n) is 9.79. The first kappa shape index (κ1) is 29.2. The largest absolute Gasteiger partial charge is 0.444 e. The molecule has 0 aromatic carbocycles. The lowest BCUT2D eigenvalue weighted by Crippen LogP contribution is -2.48. The Hall–Kier alpha value is -0.810. The van der Waals surface area contributed by atoms with E-state index in [-0.39, 0.29) is 36.2 Å². The number of piperidine rings is 1. The number of hydrogen-bond acceptors (Lipinski definition) is 5. The van der Waals surface area contributed by atoms with Crippen LogP contribution in [0, 0.1) is 0 Å². The van der Waals surface area contributed by atoms with Crippen molar-refractivity contribution in [3.8, 4) is 0 Å². The maximum atomic E-state index is 11.6. The van der Waals surface area contributed by atoms with Gasteiger partial charge < -0.3 is 30.1 Å². The van der Waals surface area contributed by atoms with Gasteiger partial charge in [0, 0.05) is 32.8 Å². The smallest absolute Gasteiger partial charge is 0.407 e. The van der Waals surface area contributed by atoms with Crippen LogP contribution in [0.4, 0.5) is 4.79 Å². The van der Waals surface area contributed by atoms with Crippen molar-refractivity contribution in [1.29, 1.82) is 0 Å². The molecule has 2 rings (SSSR count). The minimum Gasteiger partial charge on any atom is -0.444 e. The van der Waals surface area contributed by atoms with Gasteiger partial charge in [-0.2, -0.15) is 0 Å². The molecular weight excluding hydrogens is 523 g/mol. The van der Waals surface area contributed by atoms with Crippen LogP contribution in [0.25, 0.3) is 0 Å². The van der Waals surface area contributed by atoms with E-state index >= 15 is 0 Å². The Morgan fingerprint density at radius 1 is 1.16 bits per heavy atom. The van der Waals surface area contributed by atoms with E-state index in [1.54, 1.807) is 0 Å². The average Bonchev–Trinajstić information content (AvgIpc) is 2.71. The van der Waals surface area contributed by atoms with Gasteiger partial charge >= 0.3 is 6.09 Å². The zero-order valence-electron chi connectivity index (χ0n) is 20.5. The summed E-state index contributed by atoms with van der Waals surface area (Å²) in [6, 6.07) is 0. The van der Waals surface area contributed by atoms with E-state index in [2.05, 4.69) is 22.5 Å². The van der Waals surface area contributed by atoms with Crippen molar-refractivity contribution in [1.82, 2.24) is 15.5 Å². The van der Waals surface area contributed by atoms with Gasteiger partial charge in [0.25, 0.3) is 0 Å². The molecule has 1 saturated heterocycles. The van der Waals surface area contributed by atoms with Crippen LogP contribution >= 0.6 is 24.0 Å². The molecule has 0 radical (unpaired) electrons. The van der Waals surface area contributed by atoms with Crippen molar-refractivity contribution < 1.29 is 19.4 Å². The number of aliphatic hydroxyl groups is 1. The molecule has 0 aromatic heterocycles. The minimum atomic E-state index is -0.631. The summed E-state index contributed by atoms with van der Waals surface area (Å²) in [6.07, 6.45) is 7.65. The molecule has 0 bridgehead atoms. The molecule has 3 N–H and O–H groups in total. The van der Waals surface area contributed by atoms with Crippen molar-refractivity contribution in [3.63, 3.8) is 0 Å². The van der Waals surface area contributed by atoms with E-state index in [0.29, 0.717) is 19.7 Å². The van der Waals surface area contributed by atoms with Crippen LogP contribution in [0.5, 0.6) is 0 Å². The third-order valence-electron chi connectivity index (χ3n) is 5.73. The monoisotopic (exact) mass is 568 g/mol. The van der Waals surface area contributed by atoms with Crippen LogP contribution in [0.2, 0.25) is 0 Å². The van der Waals surface area contributed by atoms with Gasteiger partial charge in [-0.1, -0.05) is 19.3 Å². The fraction of sp³-hybridized carbons (Fsp3) is 0.913. The summed E-state index contributed by atoms with van der Waals surface area (Å²) < 4.78 is 11.2. The Morgan fingerprint density at radius 3 is 2.41 bits per heavy atom. The van der Waals surface area contributed by atoms with Crippen molar-refractivity contribution in [2.24, 2.45) is 4.99 Å². The lowest BCUT2D eigenvalue weighted by molar-refractivity contribution is 0.0109. The number of rotatable bonds is 8. The molecular formula is C23H45IN4O4. The Labute approximate surface area is 211 Å². The average molecular weight is 569 g/mol. The molecule has 0 aromatic rings. The Kier molecular flexibility index (Phi) is 13.2. The molecule has 2 aliphatic rings. The summed E-state index contributed by atoms with van der Waals surface area (Å²) in [6.45, 7) is 11.9. The molecule has 1 heterocycles. The standard InChI is InChI=1S/C23H44N4O4.HI/c1-5-24-20(26-18-23(29)12-7-6-8-13-23)27-15-10-19(11-16-27)30-17-9-14-25-21(28)31-22(2,3)4;/h19,29H,5-18H2,1-4H3,(H,24,26)(H,25,28);1H. The van der Waals surface area contributed by atoms with Crippen LogP contribution < -0.4 is 10.6 Å². The third kappa shape index (κ3) is 11.4. The van der Waals surface area contributed by atoms with Crippen LogP contribution in [-0.2, 0) is 9.47 Å². The number of guanidine groups is 1. The van der Waals surface area contributed by atoms with Gasteiger partial charge in [0.05, 0.1) is 18.2 Å². The van der Waals surface area contributed by atoms with E-state index < -0.39 is 11.2 Å². The highest BCUT2D eigenvalue weighted by Crippen LogP contribution is 2.28. The molecule has 0 spiro atoms. The van der Waals surface area contributed by atoms with E-state index in [9.17, 15) is 9.90 Å². The van der Waals surface area contributed by atoms with E-state index in [1.807, 2.05) is 20.8 Å². The lowest BCUT2D eigenvalue weighted by atomic mass is 9.85. The van der Waals surface area contributed by atoms with Crippen LogP contribution in [-0.4, -0.2) is 78.7 Å². The van der Waals surface area contributed by atoms with Gasteiger partial charge in [0.1, 0.15) is 5.60 Å². The van der Waals surface area contributed by atoms with Gasteiger partial charge in [-0.05, 0) is 59.8 Å². The lowest BCUT2D eigenvalue weighted by Gasteiger charge is -2.35. The summed E-state index contributed by atoms with van der Waals surface area (Å²) >= 11 is 0. The molecule has 1 amide bonds. The van der Waals surface area contributed by atoms with Gasteiger partial charge in [-0.25, -0.2) is 4.79 Å². The maximum absolute atomic E-state index is 11.6. The number of alkyl carbamates (subject to hydrolysis) is 1. The number of halogens is 1. The number of amides is 1. The van der Waals surface area contributed by atoms with Gasteiger partial charge in [-0.15, -0.1) is 24.0 Å². The van der Waals surface area contributed by atoms with Crippen molar-refractivity contribution in [2.75, 3.05) is 39.3 Å². The number of carbonyl (C=O) groups excluding carboxylic acids is 1. The first-order valence-corrected chi connectivity index (χ1v) is 12.0. The zero-order chi connectivity index (χ0) is 22.7. The van der Waals surface area contributed by atoms with Crippen molar-refractivity contribution in [3.05, 3.63) is 0 Å². The molecule has 8 nitrogen and oxygen atoms in total. The van der Waals surface area contributed by atoms with E-state index in [4.69, 9.17) is 14.5 Å². The molecule has 32 heavy (non-hydrogen) atoms. The van der Waals surface area contributed by atoms with E-state index in [0.717, 1.165) is 70.5 Å². The number of ether oxygens (including phenoxy) is 2. The summed E-state index contributed by atoms with van der Waals surface area (Å²) in [5.41, 5.74) is -1.11. The third-order valence-corrected chi connectivity index (χ3v) is 5.73. The first-order chi connectivity index (χ1) is 14.7. The highest BCUT2D eigenvalue weighted by atomic mass is 127. The first-order valence-electron chi connectivity index (χ1n) is 12.0. The number of aliphatic imine (C=N–C) groups is 1. The number of nitrogens with zero attached hydrogens (tertiary/aromatic N) is 2. The Balaban J connectivity index is 0.00000512. The molecule has 2 fully saturated rings. The topological polar surface area (TPSA) is 95.4 Å². The molecule has 188 valence electrons. The number of likely N-dealkylation sites (tertiary alicyclic amines) is 1. The number of carbonyl (C=O) groups is 1. The van der Waals surface area contributed by atoms with Crippen LogP contribution in [0.15, 0.2) is 4.99 Å². The second kappa shape index (κ2) is 14.5. The number of nitrogens with one attached hydrogen (secondary N) is 2. The Bertz CT molecular complexity index is 569. The van der Waals surface area contributed by atoms with Crippen LogP contribution in [0.1, 0.15) is 79.1 Å². The summed E-state index contributed by atoms with van der Waals surface area (Å²) in [7, 11) is 0. The minimum absolute atomic E-state index is 0. The van der Waals surface area contributed by atoms with Crippen molar-refractivity contribution in [2.45, 2.75) is 96.4 Å². The van der Waals surface area contributed by atoms with Gasteiger partial charge in [0.15, 0.2) is 5.96 Å². The van der Waals surface area contributed by atoms with E-state index in [1.165, 1.54) is 6.42 Å². The second-order valence-corrected chi connectivity index (χ2v) is 9.79. The summed E-state index contributed by atoms with van der Waals surface area (Å²) in [5.74, 6) is 0.904. The quantitative estimate of drug-likeness (QED) is 0.179. The molecule has 1 aliphatic heterocycles. The van der Waals surface area contributed by atoms with Gasteiger partial charge in [0.2, 0.25) is 0 Å². The normalized spacial score (nSPS) is 19.8. The maximum Gasteiger partial charge on any atom is 0.407 e. The van der Waals surface area contributed by atoms with Gasteiger partial charge in [-0.3, -0.25) is 4.99 Å². The SMILES string of the molecule is CCNC(=NCC1(O)CCCCC1)N1CCC(OCCCNC(=O)OC(C)(C)C)CC1.I. The highest BCUT2D eigenvalue weighted by molar-refractivity contribution is 14.0. The number of hydrogen-bond donors (Lipinski definition) is 3. The predicted octanol–water partition coefficient (Wildman–Crippen LogP) is 3.66. The van der Waals surface area contributed by atoms with Crippen LogP contribution in [0.3, 0.4) is 0 Å². The predicted molar refractivity (Wildman–Crippen MR) is 139 cm³/mol. The highest BCUT2D eigenvalue weighted by Gasteiger charge is 2.29. The molecule has 1 saturated carbocycles. The molecule has 9 heteroatoms. The fourth-order valence-corrected chi connectivity index (χ4v) is 4.08. The summed E-state index contributed by atoms with van der Waals surface area (Å²) in [4.78, 5) is 18.7. The summed E-state index contributed by atoms with van der Waals surface area (Å²) in [5, 5.41) is 16.9. The molecule has 1 aliphatic carbocycles. The van der Waals surface area contributed by atoms with Crippen molar-refractivity contribution >= 4 is 36.0 Å². The molecule has 0 unspecified atom stereocenters. The zero-order valence-corrected chi connectivity index (χ0v) is 22.8. The Morgan fingerprint density at radius 2 is 1.81 bits per heavy atom. The fourth-order valence-electron chi connectivity index (χ4n) is 4.08.